The van der Waals surface area contributed by atoms with Gasteiger partial charge in [0.05, 0.1) is 11.0 Å². The molecule has 5 rings (SSSR count). The van der Waals surface area contributed by atoms with Crippen molar-refractivity contribution in [2.75, 3.05) is 20.7 Å². The molecule has 2 heterocycles. The van der Waals surface area contributed by atoms with Gasteiger partial charge >= 0.3 is 5.97 Å². The van der Waals surface area contributed by atoms with Gasteiger partial charge in [0.1, 0.15) is 12.1 Å². The monoisotopic (exact) mass is 416 g/mol. The second-order valence-electron chi connectivity index (χ2n) is 9.87. The summed E-state index contributed by atoms with van der Waals surface area (Å²) in [5.74, 6) is -0.141. The molecule has 1 aromatic rings. The number of benzene rings is 1. The first-order valence-corrected chi connectivity index (χ1v) is 11.0. The molecule has 30 heavy (non-hydrogen) atoms. The lowest BCUT2D eigenvalue weighted by Crippen LogP contribution is -2.78. The minimum atomic E-state index is -0.838. The predicted octanol–water partition coefficient (Wildman–Crippen LogP) is 1.90. The summed E-state index contributed by atoms with van der Waals surface area (Å²) in [5.41, 5.74) is 1.51. The molecule has 1 saturated heterocycles. The Morgan fingerprint density at radius 3 is 2.80 bits per heavy atom. The molecule has 0 aromatic heterocycles. The molecule has 0 radical (unpaired) electrons. The number of piperidine rings is 1. The molecule has 2 bridgehead atoms. The molecule has 6 atom stereocenters. The number of likely N-dealkylation sites (tertiary alicyclic amines) is 1. The minimum absolute atomic E-state index is 0.0431. The van der Waals surface area contributed by atoms with E-state index in [-0.39, 0.29) is 29.9 Å². The molecule has 7 nitrogen and oxygen atoms in total. The molecule has 1 aromatic carbocycles. The Morgan fingerprint density at radius 1 is 1.37 bits per heavy atom. The third-order valence-electron chi connectivity index (χ3n) is 8.38. The Balaban J connectivity index is 1.67. The Bertz CT molecular complexity index is 889. The Morgan fingerprint density at radius 2 is 2.13 bits per heavy atom. The molecular weight excluding hydrogens is 384 g/mol. The fourth-order valence-corrected chi connectivity index (χ4v) is 7.09. The van der Waals surface area contributed by atoms with Crippen LogP contribution in [0, 0.1) is 5.92 Å². The zero-order valence-electron chi connectivity index (χ0n) is 18.1. The van der Waals surface area contributed by atoms with E-state index < -0.39 is 23.0 Å². The van der Waals surface area contributed by atoms with Gasteiger partial charge in [-0.05, 0) is 56.8 Å². The fourth-order valence-electron chi connectivity index (χ4n) is 7.09. The van der Waals surface area contributed by atoms with Crippen LogP contribution in [0.15, 0.2) is 12.1 Å². The van der Waals surface area contributed by atoms with Crippen LogP contribution in [0.1, 0.15) is 44.2 Å². The van der Waals surface area contributed by atoms with Crippen LogP contribution in [0.5, 0.6) is 11.5 Å². The van der Waals surface area contributed by atoms with Crippen molar-refractivity contribution in [1.29, 1.82) is 0 Å². The molecule has 2 aliphatic heterocycles. The molecule has 1 saturated carbocycles. The van der Waals surface area contributed by atoms with E-state index in [2.05, 4.69) is 17.3 Å². The quantitative estimate of drug-likeness (QED) is 0.675. The summed E-state index contributed by atoms with van der Waals surface area (Å²) in [6.45, 7) is 4.77. The van der Waals surface area contributed by atoms with Crippen LogP contribution >= 0.6 is 0 Å². The van der Waals surface area contributed by atoms with E-state index in [0.717, 1.165) is 37.8 Å². The second kappa shape index (κ2) is 6.58. The van der Waals surface area contributed by atoms with Crippen molar-refractivity contribution in [3.63, 3.8) is 0 Å². The lowest BCUT2D eigenvalue weighted by Gasteiger charge is -2.65. The fraction of sp³-hybridized carbons (Fsp3) is 0.696. The first kappa shape index (κ1) is 20.1. The summed E-state index contributed by atoms with van der Waals surface area (Å²) in [7, 11) is 3.97. The number of methoxy groups -OCH3 is 1. The maximum atomic E-state index is 11.9. The average Bonchev–Trinajstić information content (AvgIpc) is 3.06. The number of ether oxygens (including phenoxy) is 2. The van der Waals surface area contributed by atoms with E-state index in [9.17, 15) is 15.0 Å². The number of likely N-dealkylation sites (N-methyl/N-ethyl adjacent to an activating group) is 1. The molecule has 2 fully saturated rings. The number of hydrogen-bond acceptors (Lipinski definition) is 6. The van der Waals surface area contributed by atoms with E-state index in [1.165, 1.54) is 5.56 Å². The topological polar surface area (TPSA) is 91.3 Å². The molecular formula is C23H32N2O5. The summed E-state index contributed by atoms with van der Waals surface area (Å²) in [4.78, 5) is 14.3. The molecule has 2 aliphatic carbocycles. The SMILES string of the molecule is CO[C@@]12CC[C@@H](N[C@@H](C(=O)O)C(C)C)[C@@H]3Oc4c(O)ccc5c4C31CCN(C)C2C5. The van der Waals surface area contributed by atoms with Crippen molar-refractivity contribution in [2.45, 2.75) is 74.8 Å². The summed E-state index contributed by atoms with van der Waals surface area (Å²) in [6, 6.07) is 3.21. The maximum absolute atomic E-state index is 11.9. The number of nitrogens with zero attached hydrogens (tertiary/aromatic N) is 1. The Kier molecular flexibility index (Phi) is 4.41. The van der Waals surface area contributed by atoms with Gasteiger partial charge in [0.2, 0.25) is 0 Å². The number of phenols is 1. The number of aromatic hydroxyl groups is 1. The normalized spacial score (nSPS) is 37.6. The second-order valence-corrected chi connectivity index (χ2v) is 9.87. The van der Waals surface area contributed by atoms with Crippen molar-refractivity contribution < 1.29 is 24.5 Å². The van der Waals surface area contributed by atoms with Crippen LogP contribution < -0.4 is 10.1 Å². The Labute approximate surface area is 177 Å². The van der Waals surface area contributed by atoms with Gasteiger partial charge in [0, 0.05) is 24.8 Å². The van der Waals surface area contributed by atoms with Gasteiger partial charge in [0.25, 0.3) is 0 Å². The van der Waals surface area contributed by atoms with Crippen molar-refractivity contribution in [1.82, 2.24) is 10.2 Å². The molecule has 1 spiro atoms. The largest absolute Gasteiger partial charge is 0.504 e. The number of carboxylic acid groups (broad SMARTS) is 1. The van der Waals surface area contributed by atoms with Crippen molar-refractivity contribution in [2.24, 2.45) is 5.92 Å². The van der Waals surface area contributed by atoms with Gasteiger partial charge < -0.3 is 24.6 Å². The van der Waals surface area contributed by atoms with E-state index in [1.807, 2.05) is 19.9 Å². The number of rotatable bonds is 5. The van der Waals surface area contributed by atoms with E-state index >= 15 is 0 Å². The van der Waals surface area contributed by atoms with Crippen LogP contribution in [0.2, 0.25) is 0 Å². The number of carboxylic acids is 1. The van der Waals surface area contributed by atoms with Gasteiger partial charge in [-0.15, -0.1) is 0 Å². The van der Waals surface area contributed by atoms with Crippen LogP contribution in [-0.4, -0.2) is 71.6 Å². The first-order valence-electron chi connectivity index (χ1n) is 11.0. The van der Waals surface area contributed by atoms with Gasteiger partial charge in [-0.2, -0.15) is 0 Å². The summed E-state index contributed by atoms with van der Waals surface area (Å²) in [5, 5.41) is 23.9. The van der Waals surface area contributed by atoms with Crippen LogP contribution in [0.3, 0.4) is 0 Å². The van der Waals surface area contributed by atoms with Gasteiger partial charge in [-0.1, -0.05) is 19.9 Å². The molecule has 2 unspecified atom stereocenters. The van der Waals surface area contributed by atoms with Crippen molar-refractivity contribution in [3.05, 3.63) is 23.3 Å². The highest BCUT2D eigenvalue weighted by Crippen LogP contribution is 2.66. The van der Waals surface area contributed by atoms with Crippen LogP contribution in [0.25, 0.3) is 0 Å². The lowest BCUT2D eigenvalue weighted by molar-refractivity contribution is -0.204. The molecule has 0 amide bonds. The third kappa shape index (κ3) is 2.29. The maximum Gasteiger partial charge on any atom is 0.320 e. The van der Waals surface area contributed by atoms with Gasteiger partial charge in [0.15, 0.2) is 11.5 Å². The smallest absolute Gasteiger partial charge is 0.320 e. The third-order valence-corrected chi connectivity index (χ3v) is 8.38. The van der Waals surface area contributed by atoms with Crippen molar-refractivity contribution >= 4 is 5.97 Å². The lowest BCUT2D eigenvalue weighted by atomic mass is 9.48. The minimum Gasteiger partial charge on any atom is -0.504 e. The number of carbonyl (C=O) groups is 1. The first-order chi connectivity index (χ1) is 14.3. The zero-order valence-corrected chi connectivity index (χ0v) is 18.1. The van der Waals surface area contributed by atoms with E-state index in [4.69, 9.17) is 9.47 Å². The van der Waals surface area contributed by atoms with Crippen molar-refractivity contribution in [3.8, 4) is 11.5 Å². The Hall–Kier alpha value is -1.83. The van der Waals surface area contributed by atoms with E-state index in [0.29, 0.717) is 5.75 Å². The average molecular weight is 417 g/mol. The summed E-state index contributed by atoms with van der Waals surface area (Å²) >= 11 is 0. The van der Waals surface area contributed by atoms with Crippen LogP contribution in [0.4, 0.5) is 0 Å². The van der Waals surface area contributed by atoms with Gasteiger partial charge in [-0.25, -0.2) is 0 Å². The predicted molar refractivity (Wildman–Crippen MR) is 111 cm³/mol. The zero-order chi connectivity index (χ0) is 21.4. The van der Waals surface area contributed by atoms with E-state index in [1.54, 1.807) is 13.2 Å². The van der Waals surface area contributed by atoms with Crippen LogP contribution in [-0.2, 0) is 21.4 Å². The number of phenolic OH excluding ortho intramolecular Hbond substituents is 1. The number of nitrogens with one attached hydrogen (secondary N) is 1. The molecule has 164 valence electrons. The molecule has 7 heteroatoms. The summed E-state index contributed by atoms with van der Waals surface area (Å²) in [6.07, 6.45) is 3.05. The van der Waals surface area contributed by atoms with Gasteiger partial charge in [-0.3, -0.25) is 10.1 Å². The molecule has 3 N–H and O–H groups in total. The highest BCUT2D eigenvalue weighted by Gasteiger charge is 2.73. The standard InChI is InChI=1S/C23H32N2O5/c1-12(2)18(21(27)28)24-14-7-8-23(29-4)16-11-13-5-6-15(26)19-17(13)22(23,20(14)30-19)9-10-25(16)3/h5-6,12,14,16,18,20,24,26H,7-11H2,1-4H3,(H,27,28)/t14-,16?,18-,20+,22?,23-/m1/s1. The number of hydrogen-bond donors (Lipinski definition) is 3. The summed E-state index contributed by atoms with van der Waals surface area (Å²) < 4.78 is 13.0. The highest BCUT2D eigenvalue weighted by atomic mass is 16.5. The number of aliphatic carboxylic acids is 1. The highest BCUT2D eigenvalue weighted by molar-refractivity contribution is 5.74. The molecule has 4 aliphatic rings.